The van der Waals surface area contributed by atoms with Crippen molar-refractivity contribution in [1.82, 2.24) is 15.1 Å². The number of fused-ring (bicyclic) bond motifs is 1. The Hall–Kier alpha value is -1.03. The Bertz CT molecular complexity index is 338. The summed E-state index contributed by atoms with van der Waals surface area (Å²) >= 11 is 0. The van der Waals surface area contributed by atoms with Gasteiger partial charge in [-0.3, -0.25) is 4.68 Å². The third kappa shape index (κ3) is 1.13. The van der Waals surface area contributed by atoms with E-state index in [9.17, 15) is 0 Å². The van der Waals surface area contributed by atoms with Crippen molar-refractivity contribution in [2.45, 2.75) is 25.8 Å². The molecule has 0 bridgehead atoms. The Morgan fingerprint density at radius 3 is 2.85 bits per heavy atom. The van der Waals surface area contributed by atoms with E-state index >= 15 is 0 Å². The molecule has 0 fully saturated rings. The Morgan fingerprint density at radius 2 is 2.23 bits per heavy atom. The number of nitrogen functional groups attached to an aromatic ring is 1. The number of aromatic nitrogens is 2. The molecule has 0 aromatic carbocycles. The predicted molar refractivity (Wildman–Crippen MR) is 52.4 cm³/mol. The van der Waals surface area contributed by atoms with E-state index in [4.69, 9.17) is 5.73 Å². The maximum absolute atomic E-state index is 5.92. The molecule has 3 N–H and O–H groups in total. The molecule has 1 aromatic rings. The molecule has 1 aromatic heterocycles. The average molecular weight is 180 g/mol. The van der Waals surface area contributed by atoms with Crippen molar-refractivity contribution in [2.75, 3.05) is 12.3 Å². The van der Waals surface area contributed by atoms with Gasteiger partial charge in [-0.25, -0.2) is 0 Å². The van der Waals surface area contributed by atoms with Gasteiger partial charge in [0, 0.05) is 19.2 Å². The molecule has 13 heavy (non-hydrogen) atoms. The summed E-state index contributed by atoms with van der Waals surface area (Å²) in [6, 6.07) is 0. The van der Waals surface area contributed by atoms with E-state index in [2.05, 4.69) is 24.3 Å². The van der Waals surface area contributed by atoms with Crippen LogP contribution >= 0.6 is 0 Å². The van der Waals surface area contributed by atoms with Crippen LogP contribution in [0.25, 0.3) is 0 Å². The monoisotopic (exact) mass is 180 g/mol. The van der Waals surface area contributed by atoms with Crippen LogP contribution < -0.4 is 11.1 Å². The van der Waals surface area contributed by atoms with Crippen LogP contribution in [0, 0.1) is 0 Å². The zero-order chi connectivity index (χ0) is 9.64. The van der Waals surface area contributed by atoms with E-state index in [0.717, 1.165) is 24.5 Å². The van der Waals surface area contributed by atoms with Gasteiger partial charge in [0.1, 0.15) is 5.82 Å². The number of nitrogens with two attached hydrogens (primary N) is 1. The van der Waals surface area contributed by atoms with Gasteiger partial charge in [-0.15, -0.1) is 0 Å². The molecular weight excluding hydrogens is 164 g/mol. The summed E-state index contributed by atoms with van der Waals surface area (Å²) in [7, 11) is 1.89. The van der Waals surface area contributed by atoms with Crippen LogP contribution in [0.15, 0.2) is 0 Å². The molecule has 1 aliphatic rings. The molecule has 2 rings (SSSR count). The second-order valence-electron chi connectivity index (χ2n) is 4.14. The molecule has 0 saturated heterocycles. The molecule has 0 aliphatic carbocycles. The molecule has 0 saturated carbocycles. The Kier molecular flexibility index (Phi) is 1.63. The molecule has 1 aliphatic heterocycles. The SMILES string of the molecule is Cn1nc2c(c1N)CCNC2(C)C. The summed E-state index contributed by atoms with van der Waals surface area (Å²) in [5, 5.41) is 7.86. The largest absolute Gasteiger partial charge is 0.384 e. The van der Waals surface area contributed by atoms with Crippen molar-refractivity contribution in [3.05, 3.63) is 11.3 Å². The molecule has 4 heteroatoms. The van der Waals surface area contributed by atoms with E-state index in [0.29, 0.717) is 0 Å². The third-order valence-corrected chi connectivity index (χ3v) is 2.73. The number of nitrogens with one attached hydrogen (secondary N) is 1. The van der Waals surface area contributed by atoms with Gasteiger partial charge in [-0.1, -0.05) is 0 Å². The second kappa shape index (κ2) is 2.48. The highest BCUT2D eigenvalue weighted by Crippen LogP contribution is 2.29. The first kappa shape index (κ1) is 8.56. The third-order valence-electron chi connectivity index (χ3n) is 2.73. The van der Waals surface area contributed by atoms with E-state index in [1.165, 1.54) is 5.56 Å². The number of aryl methyl sites for hydroxylation is 1. The molecule has 0 amide bonds. The zero-order valence-corrected chi connectivity index (χ0v) is 8.39. The number of anilines is 1. The quantitative estimate of drug-likeness (QED) is 0.607. The van der Waals surface area contributed by atoms with Crippen LogP contribution in [0.5, 0.6) is 0 Å². The Morgan fingerprint density at radius 1 is 1.54 bits per heavy atom. The van der Waals surface area contributed by atoms with Gasteiger partial charge in [-0.2, -0.15) is 5.10 Å². The van der Waals surface area contributed by atoms with Crippen molar-refractivity contribution in [3.8, 4) is 0 Å². The number of hydrogen-bond acceptors (Lipinski definition) is 3. The fraction of sp³-hybridized carbons (Fsp3) is 0.667. The van der Waals surface area contributed by atoms with Crippen molar-refractivity contribution < 1.29 is 0 Å². The molecule has 4 nitrogen and oxygen atoms in total. The van der Waals surface area contributed by atoms with E-state index in [1.807, 2.05) is 7.05 Å². The number of rotatable bonds is 0. The summed E-state index contributed by atoms with van der Waals surface area (Å²) < 4.78 is 1.76. The van der Waals surface area contributed by atoms with Gasteiger partial charge < -0.3 is 11.1 Å². The first-order valence-corrected chi connectivity index (χ1v) is 4.59. The van der Waals surface area contributed by atoms with Crippen LogP contribution in [0.1, 0.15) is 25.1 Å². The summed E-state index contributed by atoms with van der Waals surface area (Å²) in [5.74, 6) is 0.810. The van der Waals surface area contributed by atoms with Gasteiger partial charge >= 0.3 is 0 Å². The average Bonchev–Trinajstić information content (AvgIpc) is 2.32. The minimum absolute atomic E-state index is 0.0387. The highest BCUT2D eigenvalue weighted by Gasteiger charge is 2.31. The van der Waals surface area contributed by atoms with Crippen LogP contribution in [0.2, 0.25) is 0 Å². The molecule has 0 radical (unpaired) electrons. The Balaban J connectivity index is 2.59. The lowest BCUT2D eigenvalue weighted by Gasteiger charge is -2.29. The van der Waals surface area contributed by atoms with Crippen molar-refractivity contribution >= 4 is 5.82 Å². The minimum Gasteiger partial charge on any atom is -0.384 e. The van der Waals surface area contributed by atoms with Gasteiger partial charge in [0.15, 0.2) is 0 Å². The number of hydrogen-bond donors (Lipinski definition) is 2. The molecule has 2 heterocycles. The van der Waals surface area contributed by atoms with Crippen LogP contribution in [0.4, 0.5) is 5.82 Å². The standard InChI is InChI=1S/C9H16N4/c1-9(2)7-6(4-5-11-9)8(10)13(3)12-7/h11H,4-5,10H2,1-3H3. The summed E-state index contributed by atoms with van der Waals surface area (Å²) in [4.78, 5) is 0. The first-order valence-electron chi connectivity index (χ1n) is 4.59. The van der Waals surface area contributed by atoms with E-state index in [-0.39, 0.29) is 5.54 Å². The minimum atomic E-state index is -0.0387. The van der Waals surface area contributed by atoms with Gasteiger partial charge in [0.2, 0.25) is 0 Å². The van der Waals surface area contributed by atoms with Crippen molar-refractivity contribution in [2.24, 2.45) is 7.05 Å². The topological polar surface area (TPSA) is 55.9 Å². The fourth-order valence-electron chi connectivity index (χ4n) is 1.91. The van der Waals surface area contributed by atoms with Crippen LogP contribution in [-0.4, -0.2) is 16.3 Å². The van der Waals surface area contributed by atoms with Gasteiger partial charge in [-0.05, 0) is 20.3 Å². The van der Waals surface area contributed by atoms with Crippen molar-refractivity contribution in [1.29, 1.82) is 0 Å². The molecule has 72 valence electrons. The van der Waals surface area contributed by atoms with Gasteiger partial charge in [0.25, 0.3) is 0 Å². The van der Waals surface area contributed by atoms with Gasteiger partial charge in [0.05, 0.1) is 11.2 Å². The Labute approximate surface area is 78.1 Å². The summed E-state index contributed by atoms with van der Waals surface area (Å²) in [6.45, 7) is 5.25. The highest BCUT2D eigenvalue weighted by molar-refractivity contribution is 5.47. The lowest BCUT2D eigenvalue weighted by atomic mass is 9.91. The maximum Gasteiger partial charge on any atom is 0.124 e. The first-order chi connectivity index (χ1) is 6.02. The normalized spacial score (nSPS) is 19.9. The van der Waals surface area contributed by atoms with E-state index in [1.54, 1.807) is 4.68 Å². The predicted octanol–water partition coefficient (Wildman–Crippen LogP) is 0.383. The summed E-state index contributed by atoms with van der Waals surface area (Å²) in [6.07, 6.45) is 0.985. The van der Waals surface area contributed by atoms with E-state index < -0.39 is 0 Å². The second-order valence-corrected chi connectivity index (χ2v) is 4.14. The highest BCUT2D eigenvalue weighted by atomic mass is 15.3. The molecule has 0 spiro atoms. The fourth-order valence-corrected chi connectivity index (χ4v) is 1.91. The molecule has 0 unspecified atom stereocenters. The number of nitrogens with zero attached hydrogens (tertiary/aromatic N) is 2. The summed E-state index contributed by atoms with van der Waals surface area (Å²) in [5.41, 5.74) is 8.19. The maximum atomic E-state index is 5.92. The van der Waals surface area contributed by atoms with Crippen LogP contribution in [0.3, 0.4) is 0 Å². The smallest absolute Gasteiger partial charge is 0.124 e. The molecule has 0 atom stereocenters. The molecular formula is C9H16N4. The van der Waals surface area contributed by atoms with Crippen LogP contribution in [-0.2, 0) is 19.0 Å². The lowest BCUT2D eigenvalue weighted by Crippen LogP contribution is -2.42. The van der Waals surface area contributed by atoms with Crippen molar-refractivity contribution in [3.63, 3.8) is 0 Å². The zero-order valence-electron chi connectivity index (χ0n) is 8.39. The lowest BCUT2D eigenvalue weighted by molar-refractivity contribution is 0.370.